The Morgan fingerprint density at radius 2 is 2.15 bits per heavy atom. The highest BCUT2D eigenvalue weighted by Crippen LogP contribution is 2.24. The van der Waals surface area contributed by atoms with Crippen LogP contribution in [0.2, 0.25) is 5.02 Å². The van der Waals surface area contributed by atoms with Gasteiger partial charge >= 0.3 is 12.0 Å². The fraction of sp³-hybridized carbons (Fsp3) is 0.385. The van der Waals surface area contributed by atoms with Crippen LogP contribution in [0.15, 0.2) is 18.2 Å². The molecule has 0 radical (unpaired) electrons. The number of nitrogens with one attached hydrogen (secondary N) is 2. The number of rotatable bonds is 6. The molecule has 1 rings (SSSR count). The highest BCUT2D eigenvalue weighted by molar-refractivity contribution is 7.98. The summed E-state index contributed by atoms with van der Waals surface area (Å²) in [6.07, 6.45) is 2.25. The molecule has 0 heterocycles. The molecule has 1 atom stereocenters. The average Bonchev–Trinajstić information content (AvgIpc) is 2.38. The minimum Gasteiger partial charge on any atom is -0.480 e. The Morgan fingerprint density at radius 3 is 2.70 bits per heavy atom. The summed E-state index contributed by atoms with van der Waals surface area (Å²) < 4.78 is 0. The van der Waals surface area contributed by atoms with Crippen LogP contribution >= 0.6 is 23.4 Å². The van der Waals surface area contributed by atoms with Crippen molar-refractivity contribution in [2.75, 3.05) is 17.3 Å². The van der Waals surface area contributed by atoms with Crippen LogP contribution in [0.4, 0.5) is 10.5 Å². The number of aryl methyl sites for hydroxylation is 1. The largest absolute Gasteiger partial charge is 0.480 e. The maximum Gasteiger partial charge on any atom is 0.326 e. The van der Waals surface area contributed by atoms with Gasteiger partial charge in [0.25, 0.3) is 0 Å². The number of hydrogen-bond donors (Lipinski definition) is 3. The van der Waals surface area contributed by atoms with Crippen molar-refractivity contribution in [1.82, 2.24) is 5.32 Å². The van der Waals surface area contributed by atoms with E-state index in [1.807, 2.05) is 19.2 Å². The number of thioether (sulfide) groups is 1. The molecule has 0 fully saturated rings. The molecular weight excluding hydrogens is 300 g/mol. The molecule has 110 valence electrons. The first-order valence-electron chi connectivity index (χ1n) is 6.00. The van der Waals surface area contributed by atoms with Crippen molar-refractivity contribution in [3.8, 4) is 0 Å². The van der Waals surface area contributed by atoms with Gasteiger partial charge in [-0.3, -0.25) is 0 Å². The van der Waals surface area contributed by atoms with Crippen LogP contribution in [0.3, 0.4) is 0 Å². The molecule has 5 nitrogen and oxygen atoms in total. The number of urea groups is 1. The monoisotopic (exact) mass is 316 g/mol. The fourth-order valence-electron chi connectivity index (χ4n) is 1.59. The standard InChI is InChI=1S/C13H17ClN2O3S/c1-8-4-3-5-9(14)11(8)16-13(19)15-10(12(17)18)6-7-20-2/h3-5,10H,6-7H2,1-2H3,(H,17,18)(H2,15,16,19). The number of benzene rings is 1. The Balaban J connectivity index is 2.68. The van der Waals surface area contributed by atoms with Gasteiger partial charge in [-0.25, -0.2) is 9.59 Å². The van der Waals surface area contributed by atoms with E-state index in [4.69, 9.17) is 16.7 Å². The summed E-state index contributed by atoms with van der Waals surface area (Å²) in [7, 11) is 0. The van der Waals surface area contributed by atoms with Gasteiger partial charge in [-0.05, 0) is 37.0 Å². The van der Waals surface area contributed by atoms with Gasteiger partial charge in [-0.15, -0.1) is 0 Å². The average molecular weight is 317 g/mol. The van der Waals surface area contributed by atoms with Crippen LogP contribution in [0, 0.1) is 6.92 Å². The topological polar surface area (TPSA) is 78.4 Å². The zero-order valence-electron chi connectivity index (χ0n) is 11.3. The molecule has 0 saturated heterocycles. The number of carbonyl (C=O) groups is 2. The van der Waals surface area contributed by atoms with Crippen molar-refractivity contribution in [3.63, 3.8) is 0 Å². The molecular formula is C13H17ClN2O3S. The molecule has 2 amide bonds. The number of amides is 2. The quantitative estimate of drug-likeness (QED) is 0.754. The minimum absolute atomic E-state index is 0.366. The summed E-state index contributed by atoms with van der Waals surface area (Å²) in [4.78, 5) is 22.9. The lowest BCUT2D eigenvalue weighted by molar-refractivity contribution is -0.139. The highest BCUT2D eigenvalue weighted by atomic mass is 35.5. The molecule has 1 aromatic rings. The summed E-state index contributed by atoms with van der Waals surface area (Å²) >= 11 is 7.52. The maximum atomic E-state index is 11.8. The normalized spacial score (nSPS) is 11.8. The Morgan fingerprint density at radius 1 is 1.45 bits per heavy atom. The molecule has 0 aliphatic heterocycles. The lowest BCUT2D eigenvalue weighted by Crippen LogP contribution is -2.43. The zero-order chi connectivity index (χ0) is 15.1. The molecule has 0 saturated carbocycles. The van der Waals surface area contributed by atoms with Crippen LogP contribution in [-0.4, -0.2) is 35.2 Å². The number of para-hydroxylation sites is 1. The van der Waals surface area contributed by atoms with E-state index in [9.17, 15) is 9.59 Å². The second-order valence-corrected chi connectivity index (χ2v) is 5.60. The van der Waals surface area contributed by atoms with Gasteiger partial charge in [-0.2, -0.15) is 11.8 Å². The smallest absolute Gasteiger partial charge is 0.326 e. The second-order valence-electron chi connectivity index (χ2n) is 4.20. The van der Waals surface area contributed by atoms with E-state index in [0.717, 1.165) is 5.56 Å². The first-order valence-corrected chi connectivity index (χ1v) is 7.77. The molecule has 0 bridgehead atoms. The van der Waals surface area contributed by atoms with Crippen molar-refractivity contribution >= 4 is 41.1 Å². The lowest BCUT2D eigenvalue weighted by Gasteiger charge is -2.16. The van der Waals surface area contributed by atoms with Gasteiger partial charge in [0.1, 0.15) is 6.04 Å². The summed E-state index contributed by atoms with van der Waals surface area (Å²) in [5, 5.41) is 14.5. The Hall–Kier alpha value is -1.40. The molecule has 1 aromatic carbocycles. The summed E-state index contributed by atoms with van der Waals surface area (Å²) in [6, 6.07) is 3.76. The highest BCUT2D eigenvalue weighted by Gasteiger charge is 2.20. The number of carboxylic acids is 1. The predicted octanol–water partition coefficient (Wildman–Crippen LogP) is 2.98. The van der Waals surface area contributed by atoms with Gasteiger partial charge in [0.2, 0.25) is 0 Å². The summed E-state index contributed by atoms with van der Waals surface area (Å²) in [6.45, 7) is 1.81. The second kappa shape index (κ2) is 8.01. The number of halogens is 1. The van der Waals surface area contributed by atoms with Crippen molar-refractivity contribution in [2.45, 2.75) is 19.4 Å². The number of aliphatic carboxylic acids is 1. The van der Waals surface area contributed by atoms with Gasteiger partial charge in [-0.1, -0.05) is 23.7 Å². The Labute approximate surface area is 127 Å². The van der Waals surface area contributed by atoms with E-state index >= 15 is 0 Å². The van der Waals surface area contributed by atoms with Crippen molar-refractivity contribution < 1.29 is 14.7 Å². The van der Waals surface area contributed by atoms with Crippen LogP contribution in [0.1, 0.15) is 12.0 Å². The number of carbonyl (C=O) groups excluding carboxylic acids is 1. The molecule has 0 aliphatic carbocycles. The van der Waals surface area contributed by atoms with Crippen molar-refractivity contribution in [3.05, 3.63) is 28.8 Å². The van der Waals surface area contributed by atoms with Gasteiger partial charge < -0.3 is 15.7 Å². The molecule has 7 heteroatoms. The lowest BCUT2D eigenvalue weighted by atomic mass is 10.2. The number of anilines is 1. The van der Waals surface area contributed by atoms with E-state index in [1.54, 1.807) is 12.1 Å². The van der Waals surface area contributed by atoms with Gasteiger partial charge in [0.05, 0.1) is 10.7 Å². The Kier molecular flexibility index (Phi) is 6.67. The fourth-order valence-corrected chi connectivity index (χ4v) is 2.33. The van der Waals surface area contributed by atoms with Crippen LogP contribution in [0.25, 0.3) is 0 Å². The molecule has 3 N–H and O–H groups in total. The van der Waals surface area contributed by atoms with E-state index in [-0.39, 0.29) is 0 Å². The van der Waals surface area contributed by atoms with Gasteiger partial charge in [0.15, 0.2) is 0 Å². The van der Waals surface area contributed by atoms with E-state index < -0.39 is 18.0 Å². The first kappa shape index (κ1) is 16.7. The van der Waals surface area contributed by atoms with Crippen LogP contribution in [-0.2, 0) is 4.79 Å². The third kappa shape index (κ3) is 4.94. The number of hydrogen-bond acceptors (Lipinski definition) is 3. The van der Waals surface area contributed by atoms with Crippen LogP contribution < -0.4 is 10.6 Å². The Bertz CT molecular complexity index is 476. The molecule has 0 spiro atoms. The molecule has 1 unspecified atom stereocenters. The van der Waals surface area contributed by atoms with Gasteiger partial charge in [0, 0.05) is 0 Å². The van der Waals surface area contributed by atoms with Crippen LogP contribution in [0.5, 0.6) is 0 Å². The molecule has 0 aliphatic rings. The summed E-state index contributed by atoms with van der Waals surface area (Å²) in [5.74, 6) is -0.396. The van der Waals surface area contributed by atoms with Crippen molar-refractivity contribution in [1.29, 1.82) is 0 Å². The molecule has 0 aromatic heterocycles. The third-order valence-corrected chi connectivity index (χ3v) is 3.63. The summed E-state index contributed by atoms with van der Waals surface area (Å²) in [5.41, 5.74) is 1.30. The zero-order valence-corrected chi connectivity index (χ0v) is 12.8. The first-order chi connectivity index (χ1) is 9.45. The number of carboxylic acid groups (broad SMARTS) is 1. The molecule has 20 heavy (non-hydrogen) atoms. The maximum absolute atomic E-state index is 11.8. The predicted molar refractivity (Wildman–Crippen MR) is 82.8 cm³/mol. The van der Waals surface area contributed by atoms with E-state index in [2.05, 4.69) is 10.6 Å². The third-order valence-electron chi connectivity index (χ3n) is 2.67. The van der Waals surface area contributed by atoms with Crippen molar-refractivity contribution in [2.24, 2.45) is 0 Å². The van der Waals surface area contributed by atoms with E-state index in [0.29, 0.717) is 22.9 Å². The van der Waals surface area contributed by atoms with E-state index in [1.165, 1.54) is 11.8 Å². The minimum atomic E-state index is -1.05. The SMILES string of the molecule is CSCCC(NC(=O)Nc1c(C)cccc1Cl)C(=O)O.